The van der Waals surface area contributed by atoms with E-state index in [1.165, 1.54) is 21.2 Å². The molecule has 0 aromatic heterocycles. The van der Waals surface area contributed by atoms with Crippen molar-refractivity contribution in [2.45, 2.75) is 13.8 Å². The van der Waals surface area contributed by atoms with Crippen LogP contribution in [0.15, 0.2) is 84.9 Å². The minimum atomic E-state index is -1.07. The van der Waals surface area contributed by atoms with Crippen molar-refractivity contribution in [3.05, 3.63) is 84.9 Å². The van der Waals surface area contributed by atoms with Gasteiger partial charge >= 0.3 is 0 Å². The van der Waals surface area contributed by atoms with Gasteiger partial charge in [-0.15, -0.1) is 0 Å². The van der Waals surface area contributed by atoms with Gasteiger partial charge in [-0.1, -0.05) is 78.9 Å². The van der Waals surface area contributed by atoms with Gasteiger partial charge in [-0.05, 0) is 43.7 Å². The van der Waals surface area contributed by atoms with Gasteiger partial charge < -0.3 is 9.05 Å². The monoisotopic (exact) mass is 382 g/mol. The van der Waals surface area contributed by atoms with E-state index in [0.29, 0.717) is 13.2 Å². The fraction of sp³-hybridized carbons (Fsp3) is 0.182. The summed E-state index contributed by atoms with van der Waals surface area (Å²) in [6.07, 6.45) is 0. The molecule has 0 aliphatic heterocycles. The molecule has 134 valence electrons. The van der Waals surface area contributed by atoms with Crippen LogP contribution in [0.2, 0.25) is 0 Å². The van der Waals surface area contributed by atoms with Crippen molar-refractivity contribution in [3.8, 4) is 0 Å². The lowest BCUT2D eigenvalue weighted by molar-refractivity contribution is 0.277. The summed E-state index contributed by atoms with van der Waals surface area (Å²) in [4.78, 5) is 0. The Kier molecular flexibility index (Phi) is 7.35. The van der Waals surface area contributed by atoms with Gasteiger partial charge in [0, 0.05) is 5.30 Å². The lowest BCUT2D eigenvalue weighted by Gasteiger charge is -2.25. The van der Waals surface area contributed by atoms with Gasteiger partial charge in [0.25, 0.3) is 0 Å². The molecule has 0 radical (unpaired) electrons. The molecular formula is C22H24O2P2. The maximum absolute atomic E-state index is 5.98. The SMILES string of the molecule is CCOP(OCC)c1ccccc1P(c1ccccc1)c1ccccc1. The van der Waals surface area contributed by atoms with E-state index in [4.69, 9.17) is 9.05 Å². The number of rotatable bonds is 8. The topological polar surface area (TPSA) is 18.5 Å². The lowest BCUT2D eigenvalue weighted by atomic mass is 10.3. The van der Waals surface area contributed by atoms with Gasteiger partial charge in [-0.25, -0.2) is 0 Å². The fourth-order valence-electron chi connectivity index (χ4n) is 2.80. The number of benzene rings is 3. The second-order valence-corrected chi connectivity index (χ2v) is 9.29. The first-order valence-corrected chi connectivity index (χ1v) is 11.4. The highest BCUT2D eigenvalue weighted by molar-refractivity contribution is 7.81. The van der Waals surface area contributed by atoms with Crippen LogP contribution in [-0.4, -0.2) is 13.2 Å². The lowest BCUT2D eigenvalue weighted by Crippen LogP contribution is -2.30. The van der Waals surface area contributed by atoms with Crippen molar-refractivity contribution in [2.75, 3.05) is 13.2 Å². The molecular weight excluding hydrogens is 358 g/mol. The van der Waals surface area contributed by atoms with Crippen LogP contribution in [0.1, 0.15) is 13.8 Å². The Hall–Kier alpha value is -1.56. The van der Waals surface area contributed by atoms with Crippen LogP contribution >= 0.6 is 16.3 Å². The molecule has 0 amide bonds. The predicted octanol–water partition coefficient (Wildman–Crippen LogP) is 4.46. The summed E-state index contributed by atoms with van der Waals surface area (Å²) in [5.74, 6) is 0. The molecule has 0 aliphatic rings. The van der Waals surface area contributed by atoms with Gasteiger partial charge in [0.2, 0.25) is 8.38 Å². The molecule has 2 nitrogen and oxygen atoms in total. The Morgan fingerprint density at radius 2 is 1.00 bits per heavy atom. The molecule has 0 atom stereocenters. The van der Waals surface area contributed by atoms with E-state index in [1.54, 1.807) is 0 Å². The van der Waals surface area contributed by atoms with Crippen molar-refractivity contribution in [1.29, 1.82) is 0 Å². The van der Waals surface area contributed by atoms with Crippen LogP contribution < -0.4 is 21.2 Å². The zero-order valence-corrected chi connectivity index (χ0v) is 17.0. The van der Waals surface area contributed by atoms with Gasteiger partial charge in [-0.3, -0.25) is 0 Å². The molecule has 0 aliphatic carbocycles. The maximum atomic E-state index is 5.98. The molecule has 26 heavy (non-hydrogen) atoms. The minimum Gasteiger partial charge on any atom is -0.331 e. The smallest absolute Gasteiger partial charge is 0.205 e. The standard InChI is InChI=1S/C22H24O2P2/c1-3-23-26(24-4-2)22-18-12-11-17-21(22)25(19-13-7-5-8-14-19)20-15-9-6-10-16-20/h5-18H,3-4H2,1-2H3. The molecule has 0 unspecified atom stereocenters. The van der Waals surface area contributed by atoms with E-state index in [1.807, 2.05) is 13.8 Å². The number of hydrogen-bond donors (Lipinski definition) is 0. The van der Waals surface area contributed by atoms with E-state index in [0.717, 1.165) is 0 Å². The van der Waals surface area contributed by atoms with Gasteiger partial charge in [-0.2, -0.15) is 0 Å². The van der Waals surface area contributed by atoms with Crippen molar-refractivity contribution >= 4 is 37.5 Å². The molecule has 4 heteroatoms. The average molecular weight is 382 g/mol. The van der Waals surface area contributed by atoms with E-state index >= 15 is 0 Å². The molecule has 0 fully saturated rings. The van der Waals surface area contributed by atoms with E-state index < -0.39 is 16.3 Å². The van der Waals surface area contributed by atoms with Gasteiger partial charge in [0.05, 0.1) is 13.2 Å². The highest BCUT2D eigenvalue weighted by Gasteiger charge is 2.24. The van der Waals surface area contributed by atoms with Crippen LogP contribution in [0.25, 0.3) is 0 Å². The summed E-state index contributed by atoms with van der Waals surface area (Å²) in [7, 11) is -1.74. The molecule has 0 N–H and O–H groups in total. The van der Waals surface area contributed by atoms with Crippen LogP contribution in [0.4, 0.5) is 0 Å². The van der Waals surface area contributed by atoms with E-state index in [2.05, 4.69) is 84.9 Å². The first-order chi connectivity index (χ1) is 12.8. The largest absolute Gasteiger partial charge is 0.331 e. The van der Waals surface area contributed by atoms with Crippen molar-refractivity contribution < 1.29 is 9.05 Å². The summed E-state index contributed by atoms with van der Waals surface area (Å²) >= 11 is 0. The normalized spacial score (nSPS) is 11.2. The van der Waals surface area contributed by atoms with Crippen LogP contribution in [0, 0.1) is 0 Å². The third-order valence-corrected chi connectivity index (χ3v) is 8.29. The van der Waals surface area contributed by atoms with Crippen molar-refractivity contribution in [1.82, 2.24) is 0 Å². The molecule has 3 rings (SSSR count). The summed E-state index contributed by atoms with van der Waals surface area (Å²) in [6.45, 7) is 5.34. The van der Waals surface area contributed by atoms with Crippen molar-refractivity contribution in [3.63, 3.8) is 0 Å². The zero-order valence-electron chi connectivity index (χ0n) is 15.2. The first kappa shape index (κ1) is 19.2. The minimum absolute atomic E-state index is 0.647. The highest BCUT2D eigenvalue weighted by Crippen LogP contribution is 2.41. The number of hydrogen-bond acceptors (Lipinski definition) is 2. The van der Waals surface area contributed by atoms with Gasteiger partial charge in [0.15, 0.2) is 0 Å². The Balaban J connectivity index is 2.13. The first-order valence-electron chi connectivity index (χ1n) is 8.90. The summed E-state index contributed by atoms with van der Waals surface area (Å²) in [6, 6.07) is 30.1. The third-order valence-electron chi connectivity index (χ3n) is 3.84. The second kappa shape index (κ2) is 9.95. The predicted molar refractivity (Wildman–Crippen MR) is 115 cm³/mol. The molecule has 0 saturated heterocycles. The quantitative estimate of drug-likeness (QED) is 0.536. The van der Waals surface area contributed by atoms with E-state index in [-0.39, 0.29) is 0 Å². The molecule has 0 bridgehead atoms. The highest BCUT2D eigenvalue weighted by atomic mass is 31.2. The Labute approximate surface area is 158 Å². The zero-order chi connectivity index (χ0) is 18.2. The summed E-state index contributed by atoms with van der Waals surface area (Å²) in [5, 5.41) is 5.17. The van der Waals surface area contributed by atoms with Crippen molar-refractivity contribution in [2.24, 2.45) is 0 Å². The molecule has 3 aromatic carbocycles. The van der Waals surface area contributed by atoms with Crippen LogP contribution in [0.5, 0.6) is 0 Å². The maximum Gasteiger partial charge on any atom is 0.205 e. The van der Waals surface area contributed by atoms with E-state index in [9.17, 15) is 0 Å². The van der Waals surface area contributed by atoms with Crippen LogP contribution in [0.3, 0.4) is 0 Å². The Morgan fingerprint density at radius 3 is 1.46 bits per heavy atom. The van der Waals surface area contributed by atoms with Crippen LogP contribution in [-0.2, 0) is 9.05 Å². The molecule has 0 spiro atoms. The molecule has 0 heterocycles. The summed E-state index contributed by atoms with van der Waals surface area (Å²) < 4.78 is 12.0. The second-order valence-electron chi connectivity index (χ2n) is 5.59. The third kappa shape index (κ3) is 4.58. The fourth-order valence-corrected chi connectivity index (χ4v) is 6.97. The summed E-state index contributed by atoms with van der Waals surface area (Å²) in [5.41, 5.74) is 0. The average Bonchev–Trinajstić information content (AvgIpc) is 2.70. The Bertz CT molecular complexity index is 748. The van der Waals surface area contributed by atoms with Gasteiger partial charge in [0.1, 0.15) is 0 Å². The Morgan fingerprint density at radius 1 is 0.577 bits per heavy atom. The molecule has 0 saturated carbocycles. The molecule has 3 aromatic rings.